The van der Waals surface area contributed by atoms with Crippen molar-refractivity contribution in [3.05, 3.63) is 27.7 Å². The fourth-order valence-corrected chi connectivity index (χ4v) is 1.61. The van der Waals surface area contributed by atoms with Crippen LogP contribution in [-0.2, 0) is 0 Å². The molecule has 0 saturated carbocycles. The Balaban J connectivity index is 3.00. The highest BCUT2D eigenvalue weighted by molar-refractivity contribution is 6.37. The number of aliphatic hydroxyl groups is 1. The molecule has 0 aliphatic carbocycles. The van der Waals surface area contributed by atoms with Gasteiger partial charge in [-0.2, -0.15) is 0 Å². The van der Waals surface area contributed by atoms with Crippen molar-refractivity contribution in [3.8, 4) is 5.75 Å². The van der Waals surface area contributed by atoms with E-state index < -0.39 is 0 Å². The molecule has 3 nitrogen and oxygen atoms in total. The van der Waals surface area contributed by atoms with E-state index in [9.17, 15) is 5.11 Å². The van der Waals surface area contributed by atoms with Crippen LogP contribution in [0.3, 0.4) is 0 Å². The largest absolute Gasteiger partial charge is 0.505 e. The van der Waals surface area contributed by atoms with Crippen molar-refractivity contribution < 1.29 is 10.2 Å². The Morgan fingerprint density at radius 2 is 1.79 bits per heavy atom. The Hall–Kier alpha value is -0.480. The van der Waals surface area contributed by atoms with E-state index in [1.807, 2.05) is 0 Å². The molecule has 0 fully saturated rings. The van der Waals surface area contributed by atoms with Crippen molar-refractivity contribution in [3.63, 3.8) is 0 Å². The molecule has 0 heterocycles. The average molecular weight is 236 g/mol. The van der Waals surface area contributed by atoms with Gasteiger partial charge in [0.2, 0.25) is 0 Å². The van der Waals surface area contributed by atoms with Gasteiger partial charge in [0, 0.05) is 12.6 Å². The molecule has 1 atom stereocenters. The van der Waals surface area contributed by atoms with E-state index in [4.69, 9.17) is 34.0 Å². The quantitative estimate of drug-likeness (QED) is 0.752. The summed E-state index contributed by atoms with van der Waals surface area (Å²) >= 11 is 11.4. The van der Waals surface area contributed by atoms with Gasteiger partial charge in [-0.25, -0.2) is 0 Å². The lowest BCUT2D eigenvalue weighted by molar-refractivity contribution is 0.276. The zero-order chi connectivity index (χ0) is 10.7. The van der Waals surface area contributed by atoms with Crippen LogP contribution >= 0.6 is 23.2 Å². The molecule has 0 radical (unpaired) electrons. The van der Waals surface area contributed by atoms with Gasteiger partial charge in [-0.15, -0.1) is 0 Å². The molecule has 0 spiro atoms. The highest BCUT2D eigenvalue weighted by atomic mass is 35.5. The summed E-state index contributed by atoms with van der Waals surface area (Å²) in [6.07, 6.45) is 0.428. The van der Waals surface area contributed by atoms with Crippen LogP contribution in [0, 0.1) is 0 Å². The predicted octanol–water partition coefficient (Wildman–Crippen LogP) is 2.08. The van der Waals surface area contributed by atoms with Crippen LogP contribution in [0.5, 0.6) is 5.75 Å². The second kappa shape index (κ2) is 4.84. The fraction of sp³-hybridized carbons (Fsp3) is 0.333. The number of hydrogen-bond donors (Lipinski definition) is 3. The first-order chi connectivity index (χ1) is 6.56. The lowest BCUT2D eigenvalue weighted by Gasteiger charge is -2.12. The number of hydrogen-bond acceptors (Lipinski definition) is 3. The second-order valence-electron chi connectivity index (χ2n) is 2.95. The van der Waals surface area contributed by atoms with Crippen LogP contribution in [0.15, 0.2) is 12.1 Å². The van der Waals surface area contributed by atoms with E-state index in [0.717, 1.165) is 0 Å². The smallest absolute Gasteiger partial charge is 0.152 e. The predicted molar refractivity (Wildman–Crippen MR) is 56.8 cm³/mol. The first-order valence-corrected chi connectivity index (χ1v) is 4.86. The summed E-state index contributed by atoms with van der Waals surface area (Å²) in [6, 6.07) is 2.77. The zero-order valence-corrected chi connectivity index (χ0v) is 8.89. The average Bonchev–Trinajstić information content (AvgIpc) is 2.13. The van der Waals surface area contributed by atoms with E-state index >= 15 is 0 Å². The van der Waals surface area contributed by atoms with E-state index in [-0.39, 0.29) is 28.4 Å². The molecular formula is C9H11Cl2NO2. The van der Waals surface area contributed by atoms with Crippen molar-refractivity contribution in [2.24, 2.45) is 5.73 Å². The van der Waals surface area contributed by atoms with Gasteiger partial charge in [-0.3, -0.25) is 0 Å². The standard InChI is InChI=1S/C9H11Cl2NO2/c10-6-3-5(8(12)1-2-13)4-7(11)9(6)14/h3-4,8,13-14H,1-2,12H2. The van der Waals surface area contributed by atoms with Crippen LogP contribution in [0.4, 0.5) is 0 Å². The number of aliphatic hydroxyl groups excluding tert-OH is 1. The molecule has 4 N–H and O–H groups in total. The van der Waals surface area contributed by atoms with Gasteiger partial charge >= 0.3 is 0 Å². The molecule has 0 aliphatic rings. The highest BCUT2D eigenvalue weighted by Gasteiger charge is 2.11. The van der Waals surface area contributed by atoms with Crippen LogP contribution in [0.2, 0.25) is 10.0 Å². The minimum absolute atomic E-state index is 0.00270. The molecule has 14 heavy (non-hydrogen) atoms. The molecule has 0 saturated heterocycles. The van der Waals surface area contributed by atoms with Crippen LogP contribution in [0.25, 0.3) is 0 Å². The summed E-state index contributed by atoms with van der Waals surface area (Å²) in [5.74, 6) is -0.145. The Labute approximate surface area is 92.1 Å². The maximum absolute atomic E-state index is 9.29. The third-order valence-electron chi connectivity index (χ3n) is 1.91. The molecule has 5 heteroatoms. The first-order valence-electron chi connectivity index (χ1n) is 4.10. The highest BCUT2D eigenvalue weighted by Crippen LogP contribution is 2.34. The zero-order valence-electron chi connectivity index (χ0n) is 7.37. The minimum Gasteiger partial charge on any atom is -0.505 e. The fourth-order valence-electron chi connectivity index (χ4n) is 1.10. The van der Waals surface area contributed by atoms with E-state index in [1.54, 1.807) is 12.1 Å². The van der Waals surface area contributed by atoms with Gasteiger partial charge in [-0.1, -0.05) is 23.2 Å². The maximum Gasteiger partial charge on any atom is 0.152 e. The lowest BCUT2D eigenvalue weighted by Crippen LogP contribution is -2.11. The normalized spacial score (nSPS) is 12.9. The van der Waals surface area contributed by atoms with Crippen LogP contribution in [0.1, 0.15) is 18.0 Å². The van der Waals surface area contributed by atoms with Gasteiger partial charge < -0.3 is 15.9 Å². The Morgan fingerprint density at radius 3 is 2.21 bits per heavy atom. The summed E-state index contributed by atoms with van der Waals surface area (Å²) in [7, 11) is 0. The van der Waals surface area contributed by atoms with Gasteiger partial charge in [-0.05, 0) is 24.1 Å². The summed E-state index contributed by atoms with van der Waals surface area (Å²) < 4.78 is 0. The third-order valence-corrected chi connectivity index (χ3v) is 2.48. The number of phenols is 1. The molecule has 1 rings (SSSR count). The minimum atomic E-state index is -0.324. The van der Waals surface area contributed by atoms with E-state index in [1.165, 1.54) is 0 Å². The number of halogens is 2. The third kappa shape index (κ3) is 2.51. The van der Waals surface area contributed by atoms with Crippen molar-refractivity contribution in [1.29, 1.82) is 0 Å². The molecular weight excluding hydrogens is 225 g/mol. The van der Waals surface area contributed by atoms with Crippen molar-refractivity contribution in [1.82, 2.24) is 0 Å². The molecule has 0 amide bonds. The number of rotatable bonds is 3. The van der Waals surface area contributed by atoms with E-state index in [0.29, 0.717) is 12.0 Å². The number of aromatic hydroxyl groups is 1. The molecule has 1 aromatic carbocycles. The van der Waals surface area contributed by atoms with Gasteiger partial charge in [0.25, 0.3) is 0 Å². The number of phenolic OH excluding ortho intramolecular Hbond substituents is 1. The number of benzene rings is 1. The molecule has 1 unspecified atom stereocenters. The van der Waals surface area contributed by atoms with E-state index in [2.05, 4.69) is 0 Å². The lowest BCUT2D eigenvalue weighted by atomic mass is 10.1. The molecule has 78 valence electrons. The SMILES string of the molecule is NC(CCO)c1cc(Cl)c(O)c(Cl)c1. The van der Waals surface area contributed by atoms with Crippen molar-refractivity contribution >= 4 is 23.2 Å². The summed E-state index contributed by atoms with van der Waals surface area (Å²) in [6.45, 7) is -0.00270. The van der Waals surface area contributed by atoms with Crippen molar-refractivity contribution in [2.45, 2.75) is 12.5 Å². The van der Waals surface area contributed by atoms with Crippen molar-refractivity contribution in [2.75, 3.05) is 6.61 Å². The number of nitrogens with two attached hydrogens (primary N) is 1. The van der Waals surface area contributed by atoms with Gasteiger partial charge in [0.05, 0.1) is 10.0 Å². The summed E-state index contributed by atoms with van der Waals surface area (Å²) in [4.78, 5) is 0. The maximum atomic E-state index is 9.29. The molecule has 0 aliphatic heterocycles. The van der Waals surface area contributed by atoms with Crippen LogP contribution < -0.4 is 5.73 Å². The Bertz CT molecular complexity index is 308. The first kappa shape index (κ1) is 11.6. The molecule has 0 aromatic heterocycles. The molecule has 1 aromatic rings. The Morgan fingerprint density at radius 1 is 1.29 bits per heavy atom. The Kier molecular flexibility index (Phi) is 4.01. The monoisotopic (exact) mass is 235 g/mol. The van der Waals surface area contributed by atoms with Gasteiger partial charge in [0.15, 0.2) is 5.75 Å². The summed E-state index contributed by atoms with van der Waals surface area (Å²) in [5, 5.41) is 18.3. The van der Waals surface area contributed by atoms with Gasteiger partial charge in [0.1, 0.15) is 0 Å². The van der Waals surface area contributed by atoms with Crippen LogP contribution in [-0.4, -0.2) is 16.8 Å². The topological polar surface area (TPSA) is 66.5 Å². The second-order valence-corrected chi connectivity index (χ2v) is 3.77. The summed E-state index contributed by atoms with van der Waals surface area (Å²) in [5.41, 5.74) is 6.44. The molecule has 0 bridgehead atoms.